The first kappa shape index (κ1) is 20.4. The number of piperidine rings is 2. The van der Waals surface area contributed by atoms with Crippen molar-refractivity contribution in [1.82, 2.24) is 15.1 Å². The first-order valence-electron chi connectivity index (χ1n) is 11.8. The fraction of sp³-hybridized carbons (Fsp3) is 0.560. The molecule has 3 heterocycles. The Hall–Kier alpha value is -2.47. The zero-order valence-electron chi connectivity index (χ0n) is 18.0. The number of imide groups is 2. The van der Waals surface area contributed by atoms with E-state index in [1.54, 1.807) is 0 Å². The van der Waals surface area contributed by atoms with Gasteiger partial charge in [-0.1, -0.05) is 36.4 Å². The van der Waals surface area contributed by atoms with Gasteiger partial charge in [-0.05, 0) is 81.4 Å². The van der Waals surface area contributed by atoms with E-state index in [9.17, 15) is 14.4 Å². The predicted molar refractivity (Wildman–Crippen MR) is 117 cm³/mol. The molecule has 4 aliphatic rings. The highest BCUT2D eigenvalue weighted by atomic mass is 16.2. The van der Waals surface area contributed by atoms with Gasteiger partial charge < -0.3 is 0 Å². The monoisotopic (exact) mass is 421 g/mol. The quantitative estimate of drug-likeness (QED) is 0.599. The van der Waals surface area contributed by atoms with Gasteiger partial charge in [-0.3, -0.25) is 24.7 Å². The number of hydrogen-bond donors (Lipinski definition) is 1. The summed E-state index contributed by atoms with van der Waals surface area (Å²) in [6, 6.07) is 9.86. The van der Waals surface area contributed by atoms with E-state index in [0.717, 1.165) is 18.4 Å². The molecule has 0 aromatic heterocycles. The molecular formula is C25H31N3O3. The predicted octanol–water partition coefficient (Wildman–Crippen LogP) is 3.13. The first-order chi connectivity index (χ1) is 15.1. The number of nitrogens with one attached hydrogen (secondary N) is 1. The van der Waals surface area contributed by atoms with Crippen LogP contribution in [0.5, 0.6) is 0 Å². The Morgan fingerprint density at radius 1 is 0.968 bits per heavy atom. The molecule has 1 N–H and O–H groups in total. The lowest BCUT2D eigenvalue weighted by molar-refractivity contribution is -0.130. The van der Waals surface area contributed by atoms with E-state index in [-0.39, 0.29) is 18.0 Å². The molecule has 0 radical (unpaired) electrons. The minimum atomic E-state index is -0.609. The molecule has 6 heteroatoms. The lowest BCUT2D eigenvalue weighted by Crippen LogP contribution is -2.56. The highest BCUT2D eigenvalue weighted by Gasteiger charge is 2.44. The van der Waals surface area contributed by atoms with Crippen molar-refractivity contribution < 1.29 is 14.4 Å². The minimum Gasteiger partial charge on any atom is -0.300 e. The summed E-state index contributed by atoms with van der Waals surface area (Å²) in [6.45, 7) is 2.72. The maximum atomic E-state index is 13.1. The molecule has 3 saturated heterocycles. The largest absolute Gasteiger partial charge is 0.331 e. The third-order valence-corrected chi connectivity index (χ3v) is 7.69. The van der Waals surface area contributed by atoms with Gasteiger partial charge in [-0.2, -0.15) is 0 Å². The summed E-state index contributed by atoms with van der Waals surface area (Å²) < 4.78 is 0. The SMILES string of the molecule is O=C1NC(=O)N(CCc2ccccc2)C(=O)C1=CC1CC2CCCN3CCCC(C1)C23. The number of carbonyl (C=O) groups is 3. The van der Waals surface area contributed by atoms with E-state index < -0.39 is 17.8 Å². The number of benzene rings is 1. The molecule has 0 spiro atoms. The van der Waals surface area contributed by atoms with E-state index in [1.165, 1.54) is 43.7 Å². The molecule has 6 nitrogen and oxygen atoms in total. The van der Waals surface area contributed by atoms with Crippen molar-refractivity contribution in [2.45, 2.75) is 51.0 Å². The van der Waals surface area contributed by atoms with Crippen LogP contribution in [0.2, 0.25) is 0 Å². The number of hydrogen-bond acceptors (Lipinski definition) is 4. The summed E-state index contributed by atoms with van der Waals surface area (Å²) in [4.78, 5) is 41.9. The Kier molecular flexibility index (Phi) is 5.65. The molecule has 2 unspecified atom stereocenters. The molecule has 1 saturated carbocycles. The maximum absolute atomic E-state index is 13.1. The Morgan fingerprint density at radius 2 is 1.65 bits per heavy atom. The van der Waals surface area contributed by atoms with Crippen molar-refractivity contribution in [2.24, 2.45) is 17.8 Å². The molecule has 4 fully saturated rings. The summed E-state index contributed by atoms with van der Waals surface area (Å²) >= 11 is 0. The van der Waals surface area contributed by atoms with Gasteiger partial charge in [0.15, 0.2) is 0 Å². The topological polar surface area (TPSA) is 69.7 Å². The average Bonchev–Trinajstić information content (AvgIpc) is 2.77. The maximum Gasteiger partial charge on any atom is 0.331 e. The van der Waals surface area contributed by atoms with Gasteiger partial charge in [-0.15, -0.1) is 0 Å². The Bertz CT molecular complexity index is 877. The normalized spacial score (nSPS) is 32.7. The molecule has 164 valence electrons. The third-order valence-electron chi connectivity index (χ3n) is 7.69. The van der Waals surface area contributed by atoms with Crippen LogP contribution in [0, 0.1) is 17.8 Å². The second kappa shape index (κ2) is 8.58. The van der Waals surface area contributed by atoms with Gasteiger partial charge >= 0.3 is 6.03 Å². The Morgan fingerprint density at radius 3 is 2.32 bits per heavy atom. The Labute approximate surface area is 183 Å². The third kappa shape index (κ3) is 4.05. The zero-order chi connectivity index (χ0) is 21.4. The number of carbonyl (C=O) groups excluding carboxylic acids is 3. The highest BCUT2D eigenvalue weighted by molar-refractivity contribution is 6.28. The summed E-state index contributed by atoms with van der Waals surface area (Å²) in [5.74, 6) is 0.570. The first-order valence-corrected chi connectivity index (χ1v) is 11.8. The fourth-order valence-electron chi connectivity index (χ4n) is 6.41. The molecule has 0 bridgehead atoms. The van der Waals surface area contributed by atoms with Crippen LogP contribution >= 0.6 is 0 Å². The van der Waals surface area contributed by atoms with Gasteiger partial charge in [-0.25, -0.2) is 4.79 Å². The lowest BCUT2D eigenvalue weighted by Gasteiger charge is -2.53. The van der Waals surface area contributed by atoms with Crippen LogP contribution < -0.4 is 5.32 Å². The van der Waals surface area contributed by atoms with Crippen LogP contribution in [-0.4, -0.2) is 53.3 Å². The number of rotatable bonds is 4. The molecule has 1 aromatic rings. The van der Waals surface area contributed by atoms with Crippen molar-refractivity contribution in [2.75, 3.05) is 19.6 Å². The summed E-state index contributed by atoms with van der Waals surface area (Å²) in [6.07, 6.45) is 9.55. The van der Waals surface area contributed by atoms with Crippen molar-refractivity contribution >= 4 is 17.8 Å². The van der Waals surface area contributed by atoms with Crippen molar-refractivity contribution in [3.05, 3.63) is 47.5 Å². The van der Waals surface area contributed by atoms with Crippen LogP contribution in [-0.2, 0) is 16.0 Å². The number of allylic oxidation sites excluding steroid dienone is 1. The number of urea groups is 1. The van der Waals surface area contributed by atoms with Crippen LogP contribution in [0.25, 0.3) is 0 Å². The van der Waals surface area contributed by atoms with E-state index in [4.69, 9.17) is 0 Å². The van der Waals surface area contributed by atoms with Crippen molar-refractivity contribution in [3.8, 4) is 0 Å². The van der Waals surface area contributed by atoms with Gasteiger partial charge in [0, 0.05) is 12.6 Å². The molecule has 31 heavy (non-hydrogen) atoms. The molecule has 5 rings (SSSR count). The van der Waals surface area contributed by atoms with Crippen molar-refractivity contribution in [3.63, 3.8) is 0 Å². The van der Waals surface area contributed by atoms with Gasteiger partial charge in [0.2, 0.25) is 0 Å². The van der Waals surface area contributed by atoms with Gasteiger partial charge in [0.25, 0.3) is 11.8 Å². The average molecular weight is 422 g/mol. The molecule has 2 atom stereocenters. The van der Waals surface area contributed by atoms with Gasteiger partial charge in [0.05, 0.1) is 0 Å². The molecule has 1 aromatic carbocycles. The Balaban J connectivity index is 1.31. The van der Waals surface area contributed by atoms with Crippen LogP contribution in [0.1, 0.15) is 44.1 Å². The van der Waals surface area contributed by atoms with Crippen LogP contribution in [0.15, 0.2) is 42.0 Å². The van der Waals surface area contributed by atoms with E-state index >= 15 is 0 Å². The lowest BCUT2D eigenvalue weighted by atomic mass is 9.65. The number of barbiturate groups is 1. The number of nitrogens with zero attached hydrogens (tertiary/aromatic N) is 2. The van der Waals surface area contributed by atoms with Crippen LogP contribution in [0.4, 0.5) is 4.79 Å². The molecule has 1 aliphatic carbocycles. The van der Waals surface area contributed by atoms with Crippen molar-refractivity contribution in [1.29, 1.82) is 0 Å². The summed E-state index contributed by atoms with van der Waals surface area (Å²) in [7, 11) is 0. The van der Waals surface area contributed by atoms with E-state index in [0.29, 0.717) is 24.3 Å². The molecular weight excluding hydrogens is 390 g/mol. The second-order valence-electron chi connectivity index (χ2n) is 9.59. The minimum absolute atomic E-state index is 0.152. The van der Waals surface area contributed by atoms with Crippen LogP contribution in [0.3, 0.4) is 0 Å². The molecule has 4 amide bonds. The molecule has 3 aliphatic heterocycles. The summed E-state index contributed by atoms with van der Waals surface area (Å²) in [5, 5.41) is 2.39. The second-order valence-corrected chi connectivity index (χ2v) is 9.59. The van der Waals surface area contributed by atoms with E-state index in [1.807, 2.05) is 36.4 Å². The fourth-order valence-corrected chi connectivity index (χ4v) is 6.41. The highest BCUT2D eigenvalue weighted by Crippen LogP contribution is 2.46. The number of amides is 4. The smallest absolute Gasteiger partial charge is 0.300 e. The zero-order valence-corrected chi connectivity index (χ0v) is 18.0. The summed E-state index contributed by atoms with van der Waals surface area (Å²) in [5.41, 5.74) is 1.21. The standard InChI is InChI=1S/C25H31N3O3/c29-23-21(24(30)28(25(31)26-23)13-10-17-6-2-1-3-7-17)16-18-14-19-8-4-11-27-12-5-9-20(15-18)22(19)27/h1-3,6-7,16,18-20,22H,4-5,8-15H2,(H,26,29,31). The van der Waals surface area contributed by atoms with E-state index in [2.05, 4.69) is 10.2 Å². The van der Waals surface area contributed by atoms with Gasteiger partial charge in [0.1, 0.15) is 5.57 Å².